The number of halogens is 1. The largest absolute Gasteiger partial charge is 0.455 e. The van der Waals surface area contributed by atoms with Gasteiger partial charge in [-0.1, -0.05) is 17.7 Å². The molecule has 0 spiro atoms. The molecule has 1 fully saturated rings. The van der Waals surface area contributed by atoms with Crippen LogP contribution in [0.4, 0.5) is 5.69 Å². The molecule has 25 heavy (non-hydrogen) atoms. The number of hydrogen-bond donors (Lipinski definition) is 1. The van der Waals surface area contributed by atoms with Gasteiger partial charge in [-0.05, 0) is 37.5 Å². The van der Waals surface area contributed by atoms with E-state index in [1.54, 1.807) is 6.07 Å². The molecule has 1 heterocycles. The lowest BCUT2D eigenvalue weighted by Crippen LogP contribution is -2.22. The third-order valence-corrected chi connectivity index (χ3v) is 7.24. The van der Waals surface area contributed by atoms with Gasteiger partial charge in [-0.25, -0.2) is 8.42 Å². The van der Waals surface area contributed by atoms with Gasteiger partial charge in [-0.3, -0.25) is 9.59 Å². The van der Waals surface area contributed by atoms with Crippen molar-refractivity contribution >= 4 is 50.8 Å². The van der Waals surface area contributed by atoms with Crippen molar-refractivity contribution in [2.24, 2.45) is 0 Å². The number of aryl methyl sites for hydroxylation is 2. The maximum atomic E-state index is 11.9. The van der Waals surface area contributed by atoms with E-state index >= 15 is 0 Å². The molecule has 1 amide bonds. The van der Waals surface area contributed by atoms with Crippen LogP contribution in [0.3, 0.4) is 0 Å². The van der Waals surface area contributed by atoms with Crippen LogP contribution in [0.25, 0.3) is 0 Å². The Hall–Kier alpha value is -1.25. The van der Waals surface area contributed by atoms with E-state index < -0.39 is 28.3 Å². The maximum absolute atomic E-state index is 11.9. The maximum Gasteiger partial charge on any atom is 0.316 e. The van der Waals surface area contributed by atoms with Crippen molar-refractivity contribution in [3.05, 3.63) is 28.3 Å². The van der Waals surface area contributed by atoms with E-state index in [4.69, 9.17) is 16.3 Å². The monoisotopic (exact) mass is 405 g/mol. The second-order valence-corrected chi connectivity index (χ2v) is 9.91. The molecule has 1 aliphatic rings. The molecule has 2 rings (SSSR count). The molecule has 1 N–H and O–H groups in total. The number of benzene rings is 1. The van der Waals surface area contributed by atoms with E-state index in [0.717, 1.165) is 11.1 Å². The average molecular weight is 406 g/mol. The lowest BCUT2D eigenvalue weighted by molar-refractivity contribution is -0.144. The van der Waals surface area contributed by atoms with Gasteiger partial charge in [-0.15, -0.1) is 11.8 Å². The lowest BCUT2D eigenvalue weighted by atomic mass is 10.1. The molecule has 1 aromatic rings. The van der Waals surface area contributed by atoms with Gasteiger partial charge < -0.3 is 10.1 Å². The number of rotatable bonds is 6. The van der Waals surface area contributed by atoms with Crippen molar-refractivity contribution in [3.8, 4) is 0 Å². The van der Waals surface area contributed by atoms with Crippen molar-refractivity contribution < 1.29 is 22.7 Å². The van der Waals surface area contributed by atoms with Gasteiger partial charge >= 0.3 is 5.97 Å². The summed E-state index contributed by atoms with van der Waals surface area (Å²) >= 11 is 7.36. The number of carbonyl (C=O) groups excluding carboxylic acids is 2. The highest BCUT2D eigenvalue weighted by molar-refractivity contribution is 8.02. The number of sulfone groups is 1. The zero-order valence-corrected chi connectivity index (χ0v) is 16.4. The van der Waals surface area contributed by atoms with Crippen LogP contribution in [0.15, 0.2) is 12.1 Å². The first-order valence-corrected chi connectivity index (χ1v) is 11.0. The van der Waals surface area contributed by atoms with Gasteiger partial charge in [0, 0.05) is 5.25 Å². The summed E-state index contributed by atoms with van der Waals surface area (Å²) in [5.41, 5.74) is 2.31. The van der Waals surface area contributed by atoms with Gasteiger partial charge in [0.25, 0.3) is 5.91 Å². The zero-order valence-electron chi connectivity index (χ0n) is 14.0. The van der Waals surface area contributed by atoms with E-state index in [2.05, 4.69) is 5.32 Å². The molecule has 1 aromatic carbocycles. The number of anilines is 1. The minimum Gasteiger partial charge on any atom is -0.455 e. The Labute approximate surface area is 156 Å². The molecule has 6 nitrogen and oxygen atoms in total. The van der Waals surface area contributed by atoms with Crippen LogP contribution in [0.2, 0.25) is 5.02 Å². The van der Waals surface area contributed by atoms with E-state index in [-0.39, 0.29) is 22.5 Å². The van der Waals surface area contributed by atoms with Crippen LogP contribution in [0.1, 0.15) is 17.5 Å². The van der Waals surface area contributed by atoms with Crippen molar-refractivity contribution in [2.45, 2.75) is 25.5 Å². The molecule has 1 saturated heterocycles. The number of hydrogen-bond acceptors (Lipinski definition) is 6. The minimum atomic E-state index is -2.96. The first kappa shape index (κ1) is 20.1. The van der Waals surface area contributed by atoms with Crippen LogP contribution in [0.5, 0.6) is 0 Å². The quantitative estimate of drug-likeness (QED) is 0.731. The van der Waals surface area contributed by atoms with Crippen LogP contribution < -0.4 is 5.32 Å². The van der Waals surface area contributed by atoms with Crippen molar-refractivity contribution in [1.82, 2.24) is 0 Å². The summed E-state index contributed by atoms with van der Waals surface area (Å²) in [5, 5.41) is 2.98. The van der Waals surface area contributed by atoms with Gasteiger partial charge in [-0.2, -0.15) is 0 Å². The highest BCUT2D eigenvalue weighted by Gasteiger charge is 2.28. The number of amides is 1. The van der Waals surface area contributed by atoms with Crippen molar-refractivity contribution in [1.29, 1.82) is 0 Å². The Bertz CT molecular complexity index is 756. The van der Waals surface area contributed by atoms with E-state index in [1.807, 2.05) is 19.9 Å². The fraction of sp³-hybridized carbons (Fsp3) is 0.500. The summed E-state index contributed by atoms with van der Waals surface area (Å²) in [4.78, 5) is 23.6. The lowest BCUT2D eigenvalue weighted by Gasteiger charge is -2.12. The molecule has 138 valence electrons. The summed E-state index contributed by atoms with van der Waals surface area (Å²) in [7, 11) is -2.96. The fourth-order valence-electron chi connectivity index (χ4n) is 2.52. The topological polar surface area (TPSA) is 89.5 Å². The average Bonchev–Trinajstić information content (AvgIpc) is 2.86. The molecule has 0 radical (unpaired) electrons. The van der Waals surface area contributed by atoms with Crippen LogP contribution >= 0.6 is 23.4 Å². The van der Waals surface area contributed by atoms with E-state index in [9.17, 15) is 18.0 Å². The Morgan fingerprint density at radius 2 is 2.08 bits per heavy atom. The summed E-state index contributed by atoms with van der Waals surface area (Å²) in [5.74, 6) is -0.737. The normalized spacial score (nSPS) is 18.8. The SMILES string of the molecule is Cc1cc(C)c(NC(=O)COC(=O)CS[C@@H]2CCS(=O)(=O)C2)c(Cl)c1. The van der Waals surface area contributed by atoms with E-state index in [0.29, 0.717) is 17.1 Å². The Balaban J connectivity index is 1.75. The first-order chi connectivity index (χ1) is 11.7. The number of carbonyl (C=O) groups is 2. The minimum absolute atomic E-state index is 0.0256. The third-order valence-electron chi connectivity index (χ3n) is 3.69. The molecule has 9 heteroatoms. The summed E-state index contributed by atoms with van der Waals surface area (Å²) in [6.07, 6.45) is 0.548. The number of nitrogens with one attached hydrogen (secondary N) is 1. The number of esters is 1. The molecule has 0 unspecified atom stereocenters. The summed E-state index contributed by atoms with van der Waals surface area (Å²) in [6, 6.07) is 3.63. The van der Waals surface area contributed by atoms with Crippen molar-refractivity contribution in [2.75, 3.05) is 29.2 Å². The Kier molecular flexibility index (Phi) is 6.76. The predicted molar refractivity (Wildman–Crippen MR) is 100 cm³/mol. The van der Waals surface area contributed by atoms with Crippen LogP contribution in [0, 0.1) is 13.8 Å². The molecular formula is C16H20ClNO5S2. The highest BCUT2D eigenvalue weighted by atomic mass is 35.5. The van der Waals surface area contributed by atoms with Crippen molar-refractivity contribution in [3.63, 3.8) is 0 Å². The van der Waals surface area contributed by atoms with Crippen LogP contribution in [-0.4, -0.2) is 49.4 Å². The van der Waals surface area contributed by atoms with Gasteiger partial charge in [0.05, 0.1) is 28.0 Å². The smallest absolute Gasteiger partial charge is 0.316 e. The predicted octanol–water partition coefficient (Wildman–Crippen LogP) is 2.36. The van der Waals surface area contributed by atoms with Gasteiger partial charge in [0.2, 0.25) is 0 Å². The number of ether oxygens (including phenoxy) is 1. The highest BCUT2D eigenvalue weighted by Crippen LogP contribution is 2.27. The molecule has 1 atom stereocenters. The Morgan fingerprint density at radius 3 is 2.68 bits per heavy atom. The molecule has 1 aliphatic heterocycles. The third kappa shape index (κ3) is 6.20. The summed E-state index contributed by atoms with van der Waals surface area (Å²) < 4.78 is 27.6. The molecule has 0 aliphatic carbocycles. The first-order valence-electron chi connectivity index (χ1n) is 7.70. The standard InChI is InChI=1S/C16H20ClNO5S2/c1-10-5-11(2)16(13(17)6-10)18-14(19)7-23-15(20)8-24-12-3-4-25(21,22)9-12/h5-6,12H,3-4,7-9H2,1-2H3,(H,18,19)/t12-/m1/s1. The van der Waals surface area contributed by atoms with Crippen LogP contribution in [-0.2, 0) is 24.2 Å². The fourth-order valence-corrected chi connectivity index (χ4v) is 6.32. The van der Waals surface area contributed by atoms with Gasteiger partial charge in [0.15, 0.2) is 16.4 Å². The Morgan fingerprint density at radius 1 is 1.36 bits per heavy atom. The number of thioether (sulfide) groups is 1. The molecule has 0 aromatic heterocycles. The summed E-state index contributed by atoms with van der Waals surface area (Å²) in [6.45, 7) is 3.32. The second-order valence-electron chi connectivity index (χ2n) is 5.98. The van der Waals surface area contributed by atoms with Gasteiger partial charge in [0.1, 0.15) is 0 Å². The molecule has 0 saturated carbocycles. The zero-order chi connectivity index (χ0) is 18.6. The molecule has 0 bridgehead atoms. The van der Waals surface area contributed by atoms with E-state index in [1.165, 1.54) is 11.8 Å². The molecular weight excluding hydrogens is 386 g/mol. The second kappa shape index (κ2) is 8.42.